The monoisotopic (exact) mass is 359 g/mol. The third-order valence-electron chi connectivity index (χ3n) is 3.52. The summed E-state index contributed by atoms with van der Waals surface area (Å²) in [6, 6.07) is 10.6. The molecule has 8 heteroatoms. The van der Waals surface area contributed by atoms with Crippen LogP contribution < -0.4 is 10.6 Å². The van der Waals surface area contributed by atoms with Crippen LogP contribution in [0.5, 0.6) is 0 Å². The number of nitrogens with one attached hydrogen (secondary N) is 2. The van der Waals surface area contributed by atoms with Crippen LogP contribution in [-0.2, 0) is 12.7 Å². The predicted octanol–water partition coefficient (Wildman–Crippen LogP) is 4.55. The summed E-state index contributed by atoms with van der Waals surface area (Å²) in [5.74, 6) is 0.601. The molecule has 3 aromatic rings. The van der Waals surface area contributed by atoms with Crippen molar-refractivity contribution in [2.75, 3.05) is 10.6 Å². The van der Waals surface area contributed by atoms with Crippen LogP contribution in [0, 0.1) is 6.92 Å². The van der Waals surface area contributed by atoms with Crippen LogP contribution in [0.4, 0.5) is 30.6 Å². The quantitative estimate of drug-likeness (QED) is 0.699. The zero-order chi connectivity index (χ0) is 18.6. The molecule has 0 aliphatic rings. The van der Waals surface area contributed by atoms with Crippen LogP contribution >= 0.6 is 0 Å². The molecule has 0 aliphatic heterocycles. The molecular weight excluding hydrogens is 343 g/mol. The topological polar surface area (TPSA) is 62.7 Å². The minimum atomic E-state index is -4.45. The summed E-state index contributed by atoms with van der Waals surface area (Å²) in [6.07, 6.45) is -1.07. The average Bonchev–Trinajstić information content (AvgIpc) is 2.60. The number of anilines is 3. The number of aryl methyl sites for hydroxylation is 1. The number of hydrogen-bond acceptors (Lipinski definition) is 5. The third-order valence-corrected chi connectivity index (χ3v) is 3.52. The first kappa shape index (κ1) is 17.7. The van der Waals surface area contributed by atoms with Gasteiger partial charge in [-0.05, 0) is 30.7 Å². The zero-order valence-electron chi connectivity index (χ0n) is 13.9. The number of nitrogens with zero attached hydrogens (tertiary/aromatic N) is 3. The molecular formula is C18H16F3N5. The number of alkyl halides is 3. The first-order valence-electron chi connectivity index (χ1n) is 7.83. The molecule has 0 bridgehead atoms. The summed E-state index contributed by atoms with van der Waals surface area (Å²) in [5, 5.41) is 5.78. The maximum absolute atomic E-state index is 13.1. The Labute approximate surface area is 148 Å². The van der Waals surface area contributed by atoms with Gasteiger partial charge >= 0.3 is 6.18 Å². The molecule has 26 heavy (non-hydrogen) atoms. The van der Waals surface area contributed by atoms with Gasteiger partial charge in [0.15, 0.2) is 0 Å². The van der Waals surface area contributed by atoms with Gasteiger partial charge in [0.25, 0.3) is 0 Å². The van der Waals surface area contributed by atoms with Crippen LogP contribution in [-0.4, -0.2) is 15.0 Å². The zero-order valence-corrected chi connectivity index (χ0v) is 13.9. The Morgan fingerprint density at radius 1 is 1.04 bits per heavy atom. The molecule has 0 unspecified atom stereocenters. The van der Waals surface area contributed by atoms with Gasteiger partial charge in [0.05, 0.1) is 11.3 Å². The lowest BCUT2D eigenvalue weighted by Crippen LogP contribution is -2.10. The normalized spacial score (nSPS) is 11.2. The van der Waals surface area contributed by atoms with E-state index < -0.39 is 11.7 Å². The highest BCUT2D eigenvalue weighted by atomic mass is 19.4. The van der Waals surface area contributed by atoms with Gasteiger partial charge in [-0.15, -0.1) is 0 Å². The number of pyridine rings is 1. The van der Waals surface area contributed by atoms with Crippen molar-refractivity contribution >= 4 is 17.5 Å². The van der Waals surface area contributed by atoms with E-state index in [4.69, 9.17) is 0 Å². The van der Waals surface area contributed by atoms with E-state index in [0.29, 0.717) is 18.2 Å². The van der Waals surface area contributed by atoms with Gasteiger partial charge in [0, 0.05) is 30.7 Å². The van der Waals surface area contributed by atoms with Crippen molar-refractivity contribution < 1.29 is 13.2 Å². The molecule has 5 nitrogen and oxygen atoms in total. The van der Waals surface area contributed by atoms with E-state index in [1.807, 2.05) is 12.1 Å². The summed E-state index contributed by atoms with van der Waals surface area (Å²) in [7, 11) is 0. The molecule has 2 N–H and O–H groups in total. The minimum absolute atomic E-state index is 0.0590. The molecule has 134 valence electrons. The fourth-order valence-electron chi connectivity index (χ4n) is 2.37. The second-order valence-electron chi connectivity index (χ2n) is 5.60. The maximum atomic E-state index is 13.1. The molecule has 0 spiro atoms. The Morgan fingerprint density at radius 3 is 2.58 bits per heavy atom. The number of aromatic nitrogens is 3. The second kappa shape index (κ2) is 7.38. The summed E-state index contributed by atoms with van der Waals surface area (Å²) < 4.78 is 39.4. The van der Waals surface area contributed by atoms with Gasteiger partial charge in [0.2, 0.25) is 5.95 Å². The molecule has 2 aromatic heterocycles. The van der Waals surface area contributed by atoms with Crippen molar-refractivity contribution in [1.29, 1.82) is 0 Å². The molecule has 0 fully saturated rings. The molecule has 0 saturated heterocycles. The van der Waals surface area contributed by atoms with Crippen LogP contribution in [0.25, 0.3) is 0 Å². The number of rotatable bonds is 5. The van der Waals surface area contributed by atoms with E-state index in [9.17, 15) is 13.2 Å². The van der Waals surface area contributed by atoms with Gasteiger partial charge in [-0.2, -0.15) is 18.2 Å². The van der Waals surface area contributed by atoms with Gasteiger partial charge < -0.3 is 10.6 Å². The summed E-state index contributed by atoms with van der Waals surface area (Å²) >= 11 is 0. The summed E-state index contributed by atoms with van der Waals surface area (Å²) in [4.78, 5) is 12.5. The lowest BCUT2D eigenvalue weighted by atomic mass is 10.1. The Bertz CT molecular complexity index is 881. The van der Waals surface area contributed by atoms with Gasteiger partial charge in [-0.1, -0.05) is 18.2 Å². The third kappa shape index (κ3) is 4.47. The minimum Gasteiger partial charge on any atom is -0.350 e. The van der Waals surface area contributed by atoms with Crippen molar-refractivity contribution in [1.82, 2.24) is 15.0 Å². The Kier molecular flexibility index (Phi) is 5.01. The molecule has 1 aromatic carbocycles. The summed E-state index contributed by atoms with van der Waals surface area (Å²) in [6.45, 7) is 2.20. The van der Waals surface area contributed by atoms with Crippen molar-refractivity contribution in [2.24, 2.45) is 0 Å². The van der Waals surface area contributed by atoms with Gasteiger partial charge in [-0.25, -0.2) is 4.98 Å². The fourth-order valence-corrected chi connectivity index (χ4v) is 2.37. The van der Waals surface area contributed by atoms with Gasteiger partial charge in [0.1, 0.15) is 5.82 Å². The molecule has 2 heterocycles. The van der Waals surface area contributed by atoms with Crippen molar-refractivity contribution in [3.8, 4) is 0 Å². The number of para-hydroxylation sites is 1. The van der Waals surface area contributed by atoms with E-state index in [0.717, 1.165) is 11.6 Å². The van der Waals surface area contributed by atoms with Gasteiger partial charge in [-0.3, -0.25) is 4.98 Å². The molecule has 0 atom stereocenters. The van der Waals surface area contributed by atoms with Crippen LogP contribution in [0.2, 0.25) is 0 Å². The number of halogens is 3. The highest BCUT2D eigenvalue weighted by Crippen LogP contribution is 2.35. The van der Waals surface area contributed by atoms with Crippen LogP contribution in [0.1, 0.15) is 16.8 Å². The smallest absolute Gasteiger partial charge is 0.350 e. The summed E-state index contributed by atoms with van der Waals surface area (Å²) in [5.41, 5.74) is 0.757. The molecule has 0 amide bonds. The Morgan fingerprint density at radius 2 is 1.85 bits per heavy atom. The molecule has 3 rings (SSSR count). The van der Waals surface area contributed by atoms with E-state index in [-0.39, 0.29) is 11.5 Å². The largest absolute Gasteiger partial charge is 0.418 e. The lowest BCUT2D eigenvalue weighted by molar-refractivity contribution is -0.136. The average molecular weight is 359 g/mol. The van der Waals surface area contributed by atoms with E-state index in [1.54, 1.807) is 25.4 Å². The first-order valence-corrected chi connectivity index (χ1v) is 7.83. The van der Waals surface area contributed by atoms with Crippen LogP contribution in [0.3, 0.4) is 0 Å². The van der Waals surface area contributed by atoms with E-state index in [1.165, 1.54) is 18.2 Å². The first-order chi connectivity index (χ1) is 12.4. The van der Waals surface area contributed by atoms with Crippen molar-refractivity contribution in [3.63, 3.8) is 0 Å². The van der Waals surface area contributed by atoms with Crippen molar-refractivity contribution in [2.45, 2.75) is 19.6 Å². The predicted molar refractivity (Wildman–Crippen MR) is 93.1 cm³/mol. The molecule has 0 aliphatic carbocycles. The maximum Gasteiger partial charge on any atom is 0.418 e. The Hall–Kier alpha value is -3.16. The van der Waals surface area contributed by atoms with E-state index >= 15 is 0 Å². The number of benzene rings is 1. The lowest BCUT2D eigenvalue weighted by Gasteiger charge is -2.15. The second-order valence-corrected chi connectivity index (χ2v) is 5.60. The molecule has 0 saturated carbocycles. The molecule has 0 radical (unpaired) electrons. The number of hydrogen-bond donors (Lipinski definition) is 2. The van der Waals surface area contributed by atoms with Crippen LogP contribution in [0.15, 0.2) is 54.9 Å². The fraction of sp³-hybridized carbons (Fsp3) is 0.167. The highest BCUT2D eigenvalue weighted by molar-refractivity contribution is 5.62. The Balaban J connectivity index is 1.80. The van der Waals surface area contributed by atoms with E-state index in [2.05, 4.69) is 25.6 Å². The van der Waals surface area contributed by atoms with Crippen molar-refractivity contribution in [3.05, 3.63) is 71.7 Å². The standard InChI is InChI=1S/C18H16F3N5/c1-12-9-16(25-15-7-3-2-6-14(15)18(19,20)21)26-17(24-12)23-11-13-5-4-8-22-10-13/h2-10H,11H2,1H3,(H2,23,24,25,26). The SMILES string of the molecule is Cc1cc(Nc2ccccc2C(F)(F)F)nc(NCc2cccnc2)n1. The highest BCUT2D eigenvalue weighted by Gasteiger charge is 2.33.